The number of hydrogen-bond donors (Lipinski definition) is 2. The Kier molecular flexibility index (Phi) is 8.84. The quantitative estimate of drug-likeness (QED) is 0.582. The summed E-state index contributed by atoms with van der Waals surface area (Å²) in [5, 5.41) is 10.5. The summed E-state index contributed by atoms with van der Waals surface area (Å²) >= 11 is 0. The van der Waals surface area contributed by atoms with Gasteiger partial charge in [0.15, 0.2) is 0 Å². The third-order valence-corrected chi connectivity index (χ3v) is 5.48. The topological polar surface area (TPSA) is 71.8 Å². The number of nitrogens with zero attached hydrogens (tertiary/aromatic N) is 3. The molecule has 30 heavy (non-hydrogen) atoms. The molecule has 3 aromatic rings. The number of carbonyl (C=O) groups is 1. The van der Waals surface area contributed by atoms with Gasteiger partial charge in [0, 0.05) is 12.5 Å². The Labute approximate surface area is 189 Å². The first-order chi connectivity index (χ1) is 13.7. The van der Waals surface area contributed by atoms with E-state index in [-0.39, 0.29) is 36.6 Å². The minimum absolute atomic E-state index is 0. The largest absolute Gasteiger partial charge is 0.352 e. The number of rotatable bonds is 7. The molecule has 0 spiro atoms. The molecule has 1 aliphatic rings. The van der Waals surface area contributed by atoms with Crippen LogP contribution in [-0.2, 0) is 17.9 Å². The minimum Gasteiger partial charge on any atom is -0.352 e. The van der Waals surface area contributed by atoms with Crippen LogP contribution in [-0.4, -0.2) is 33.8 Å². The Morgan fingerprint density at radius 2 is 1.90 bits per heavy atom. The van der Waals surface area contributed by atoms with Gasteiger partial charge < -0.3 is 10.6 Å². The minimum atomic E-state index is 0. The lowest BCUT2D eigenvalue weighted by molar-refractivity contribution is -0.126. The second-order valence-corrected chi connectivity index (χ2v) is 7.37. The Morgan fingerprint density at radius 3 is 2.53 bits per heavy atom. The summed E-state index contributed by atoms with van der Waals surface area (Å²) in [6.07, 6.45) is 3.26. The van der Waals surface area contributed by atoms with E-state index < -0.39 is 0 Å². The zero-order valence-corrected chi connectivity index (χ0v) is 18.5. The maximum absolute atomic E-state index is 12.4. The van der Waals surface area contributed by atoms with Gasteiger partial charge >= 0.3 is 0 Å². The molecular formula is C22H27Cl2N5O. The predicted molar refractivity (Wildman–Crippen MR) is 123 cm³/mol. The molecule has 2 aromatic carbocycles. The van der Waals surface area contributed by atoms with Crippen molar-refractivity contribution in [3.63, 3.8) is 0 Å². The number of benzene rings is 2. The Balaban J connectivity index is 0.00000160. The van der Waals surface area contributed by atoms with Crippen LogP contribution in [0.1, 0.15) is 18.1 Å². The van der Waals surface area contributed by atoms with Crippen molar-refractivity contribution in [2.75, 3.05) is 13.1 Å². The summed E-state index contributed by atoms with van der Waals surface area (Å²) in [7, 11) is 0. The lowest BCUT2D eigenvalue weighted by Crippen LogP contribution is -2.49. The van der Waals surface area contributed by atoms with Crippen LogP contribution >= 0.6 is 24.8 Å². The van der Waals surface area contributed by atoms with E-state index >= 15 is 0 Å². The Bertz CT molecular complexity index is 927. The normalized spacial score (nSPS) is 14.0. The summed E-state index contributed by atoms with van der Waals surface area (Å²) in [6, 6.07) is 16.7. The van der Waals surface area contributed by atoms with Crippen LogP contribution in [0, 0.1) is 11.8 Å². The van der Waals surface area contributed by atoms with E-state index in [0.29, 0.717) is 19.0 Å². The molecule has 2 N–H and O–H groups in total. The number of hydrogen-bond acceptors (Lipinski definition) is 4. The molecule has 2 heterocycles. The number of aromatic nitrogens is 3. The highest BCUT2D eigenvalue weighted by Gasteiger charge is 2.28. The lowest BCUT2D eigenvalue weighted by Gasteiger charge is -2.31. The molecule has 1 aromatic heterocycles. The number of nitrogens with one attached hydrogen (secondary N) is 2. The summed E-state index contributed by atoms with van der Waals surface area (Å²) < 4.78 is 1.80. The highest BCUT2D eigenvalue weighted by atomic mass is 35.5. The van der Waals surface area contributed by atoms with E-state index in [4.69, 9.17) is 0 Å². The third-order valence-electron chi connectivity index (χ3n) is 5.48. The third kappa shape index (κ3) is 5.59. The molecule has 6 nitrogen and oxygen atoms in total. The van der Waals surface area contributed by atoms with Gasteiger partial charge in [-0.25, -0.2) is 9.67 Å². The van der Waals surface area contributed by atoms with Crippen LogP contribution in [0.4, 0.5) is 0 Å². The number of halogens is 2. The molecule has 1 unspecified atom stereocenters. The van der Waals surface area contributed by atoms with Gasteiger partial charge in [0.05, 0.1) is 6.54 Å². The van der Waals surface area contributed by atoms with Gasteiger partial charge in [-0.05, 0) is 41.3 Å². The van der Waals surface area contributed by atoms with Gasteiger partial charge in [-0.1, -0.05) is 55.5 Å². The zero-order chi connectivity index (χ0) is 19.3. The molecule has 1 amide bonds. The average molecular weight is 448 g/mol. The van der Waals surface area contributed by atoms with Crippen molar-refractivity contribution in [2.24, 2.45) is 11.8 Å². The van der Waals surface area contributed by atoms with E-state index in [9.17, 15) is 4.79 Å². The Hall–Kier alpha value is -2.41. The van der Waals surface area contributed by atoms with Gasteiger partial charge in [0.25, 0.3) is 0 Å². The van der Waals surface area contributed by atoms with Crippen LogP contribution in [0.15, 0.2) is 61.2 Å². The SMILES string of the molecule is CC(C(=O)NCc1ccccc1-c1ccc(Cn2cncn2)cc1)C1CNC1.Cl.Cl. The number of amides is 1. The van der Waals surface area contributed by atoms with Gasteiger partial charge in [-0.15, -0.1) is 24.8 Å². The Morgan fingerprint density at radius 1 is 1.17 bits per heavy atom. The fourth-order valence-corrected chi connectivity index (χ4v) is 3.47. The highest BCUT2D eigenvalue weighted by Crippen LogP contribution is 2.24. The highest BCUT2D eigenvalue weighted by molar-refractivity contribution is 5.85. The molecule has 8 heteroatoms. The van der Waals surface area contributed by atoms with E-state index in [1.165, 1.54) is 5.56 Å². The van der Waals surface area contributed by atoms with Gasteiger partial charge in [0.2, 0.25) is 5.91 Å². The van der Waals surface area contributed by atoms with Gasteiger partial charge in [-0.3, -0.25) is 4.79 Å². The van der Waals surface area contributed by atoms with Crippen molar-refractivity contribution in [1.29, 1.82) is 0 Å². The van der Waals surface area contributed by atoms with E-state index in [2.05, 4.69) is 57.1 Å². The first-order valence-electron chi connectivity index (χ1n) is 9.69. The molecule has 0 saturated carbocycles. The summed E-state index contributed by atoms with van der Waals surface area (Å²) in [4.78, 5) is 16.4. The van der Waals surface area contributed by atoms with Gasteiger partial charge in [-0.2, -0.15) is 5.10 Å². The monoisotopic (exact) mass is 447 g/mol. The second kappa shape index (κ2) is 11.1. The predicted octanol–water partition coefficient (Wildman–Crippen LogP) is 3.31. The van der Waals surface area contributed by atoms with Crippen LogP contribution in [0.5, 0.6) is 0 Å². The van der Waals surface area contributed by atoms with Crippen LogP contribution in [0.2, 0.25) is 0 Å². The van der Waals surface area contributed by atoms with Crippen LogP contribution < -0.4 is 10.6 Å². The van der Waals surface area contributed by atoms with Crippen LogP contribution in [0.25, 0.3) is 11.1 Å². The standard InChI is InChI=1S/C22H25N5O.2ClH/c1-16(20-10-23-11-20)22(28)25-12-19-4-2-3-5-21(19)18-8-6-17(7-9-18)13-27-15-24-14-26-27;;/h2-9,14-16,20,23H,10-13H2,1H3,(H,25,28);2*1H. The molecule has 160 valence electrons. The molecule has 0 bridgehead atoms. The molecule has 1 saturated heterocycles. The van der Waals surface area contributed by atoms with Crippen molar-refractivity contribution in [3.8, 4) is 11.1 Å². The fraction of sp³-hybridized carbons (Fsp3) is 0.318. The lowest BCUT2D eigenvalue weighted by atomic mass is 9.88. The van der Waals surface area contributed by atoms with Gasteiger partial charge in [0.1, 0.15) is 12.7 Å². The fourth-order valence-electron chi connectivity index (χ4n) is 3.47. The van der Waals surface area contributed by atoms with Crippen LogP contribution in [0.3, 0.4) is 0 Å². The van der Waals surface area contributed by atoms with Crippen molar-refractivity contribution in [3.05, 3.63) is 72.3 Å². The summed E-state index contributed by atoms with van der Waals surface area (Å²) in [6.45, 7) is 5.13. The molecule has 0 aliphatic carbocycles. The zero-order valence-electron chi connectivity index (χ0n) is 16.8. The second-order valence-electron chi connectivity index (χ2n) is 7.37. The smallest absolute Gasteiger partial charge is 0.223 e. The molecule has 4 rings (SSSR count). The molecule has 1 fully saturated rings. The van der Waals surface area contributed by atoms with Crippen molar-refractivity contribution >= 4 is 30.7 Å². The van der Waals surface area contributed by atoms with E-state index in [1.54, 1.807) is 17.3 Å². The molecule has 1 aliphatic heterocycles. The van der Waals surface area contributed by atoms with E-state index in [0.717, 1.165) is 29.8 Å². The number of carbonyl (C=O) groups excluding carboxylic acids is 1. The molecule has 1 atom stereocenters. The summed E-state index contributed by atoms with van der Waals surface area (Å²) in [5.41, 5.74) is 4.58. The average Bonchev–Trinajstić information content (AvgIpc) is 3.18. The maximum Gasteiger partial charge on any atom is 0.223 e. The van der Waals surface area contributed by atoms with Crippen molar-refractivity contribution < 1.29 is 4.79 Å². The van der Waals surface area contributed by atoms with Crippen molar-refractivity contribution in [1.82, 2.24) is 25.4 Å². The molecule has 0 radical (unpaired) electrons. The first kappa shape index (κ1) is 23.9. The maximum atomic E-state index is 12.4. The summed E-state index contributed by atoms with van der Waals surface area (Å²) in [5.74, 6) is 0.627. The molecular weight excluding hydrogens is 421 g/mol. The van der Waals surface area contributed by atoms with Crippen molar-refractivity contribution in [2.45, 2.75) is 20.0 Å². The first-order valence-corrected chi connectivity index (χ1v) is 9.69. The van der Waals surface area contributed by atoms with E-state index in [1.807, 2.05) is 19.1 Å².